The summed E-state index contributed by atoms with van der Waals surface area (Å²) in [7, 11) is 0. The van der Waals surface area contributed by atoms with Crippen molar-refractivity contribution in [1.29, 1.82) is 5.26 Å². The van der Waals surface area contributed by atoms with Gasteiger partial charge in [-0.15, -0.1) is 0 Å². The van der Waals surface area contributed by atoms with Crippen LogP contribution in [0, 0.1) is 17.1 Å². The van der Waals surface area contributed by atoms with E-state index in [1.807, 2.05) is 6.07 Å². The standard InChI is InChI=1S/C13H6Br2FNO/c14-9-2-4-12(16)13(5-9)18-10-3-1-8(7-17)11(15)6-10/h1-6H. The topological polar surface area (TPSA) is 33.0 Å². The van der Waals surface area contributed by atoms with Crippen molar-refractivity contribution in [1.82, 2.24) is 0 Å². The van der Waals surface area contributed by atoms with Gasteiger partial charge in [0.2, 0.25) is 0 Å². The Morgan fingerprint density at radius 3 is 2.56 bits per heavy atom. The molecule has 0 spiro atoms. The van der Waals surface area contributed by atoms with Crippen LogP contribution in [0.1, 0.15) is 5.56 Å². The molecule has 0 saturated carbocycles. The number of hydrogen-bond donors (Lipinski definition) is 0. The summed E-state index contributed by atoms with van der Waals surface area (Å²) in [6.45, 7) is 0. The first-order valence-electron chi connectivity index (χ1n) is 4.92. The van der Waals surface area contributed by atoms with E-state index in [4.69, 9.17) is 10.00 Å². The Morgan fingerprint density at radius 1 is 1.11 bits per heavy atom. The third-order valence-electron chi connectivity index (χ3n) is 2.18. The molecule has 0 aliphatic heterocycles. The van der Waals surface area contributed by atoms with E-state index < -0.39 is 5.82 Å². The molecule has 18 heavy (non-hydrogen) atoms. The lowest BCUT2D eigenvalue weighted by atomic mass is 10.2. The Hall–Kier alpha value is -1.38. The summed E-state index contributed by atoms with van der Waals surface area (Å²) < 4.78 is 20.3. The Kier molecular flexibility index (Phi) is 4.00. The van der Waals surface area contributed by atoms with Gasteiger partial charge in [-0.25, -0.2) is 4.39 Å². The van der Waals surface area contributed by atoms with E-state index in [1.54, 1.807) is 30.3 Å². The maximum absolute atomic E-state index is 13.5. The maximum atomic E-state index is 13.5. The largest absolute Gasteiger partial charge is 0.454 e. The van der Waals surface area contributed by atoms with Gasteiger partial charge in [-0.3, -0.25) is 0 Å². The fourth-order valence-electron chi connectivity index (χ4n) is 1.33. The van der Waals surface area contributed by atoms with Gasteiger partial charge in [-0.2, -0.15) is 5.26 Å². The van der Waals surface area contributed by atoms with E-state index in [-0.39, 0.29) is 5.75 Å². The summed E-state index contributed by atoms with van der Waals surface area (Å²) in [6, 6.07) is 11.3. The highest BCUT2D eigenvalue weighted by Crippen LogP contribution is 2.30. The quantitative estimate of drug-likeness (QED) is 0.743. The van der Waals surface area contributed by atoms with Crippen LogP contribution in [0.15, 0.2) is 45.3 Å². The van der Waals surface area contributed by atoms with E-state index in [2.05, 4.69) is 31.9 Å². The highest BCUT2D eigenvalue weighted by atomic mass is 79.9. The van der Waals surface area contributed by atoms with Gasteiger partial charge in [0.05, 0.1) is 5.56 Å². The van der Waals surface area contributed by atoms with Crippen molar-refractivity contribution < 1.29 is 9.13 Å². The van der Waals surface area contributed by atoms with Crippen LogP contribution in [0.25, 0.3) is 0 Å². The van der Waals surface area contributed by atoms with Crippen molar-refractivity contribution in [2.75, 3.05) is 0 Å². The zero-order valence-corrected chi connectivity index (χ0v) is 12.1. The van der Waals surface area contributed by atoms with Crippen LogP contribution in [0.3, 0.4) is 0 Å². The fraction of sp³-hybridized carbons (Fsp3) is 0. The molecule has 0 aromatic heterocycles. The lowest BCUT2D eigenvalue weighted by Gasteiger charge is -2.08. The number of halogens is 3. The van der Waals surface area contributed by atoms with Gasteiger partial charge < -0.3 is 4.74 Å². The summed E-state index contributed by atoms with van der Waals surface area (Å²) in [5.74, 6) is 0.137. The highest BCUT2D eigenvalue weighted by Gasteiger charge is 2.07. The fourth-order valence-corrected chi connectivity index (χ4v) is 2.12. The second-order valence-electron chi connectivity index (χ2n) is 3.43. The molecule has 0 aliphatic carbocycles. The molecule has 0 aliphatic rings. The lowest BCUT2D eigenvalue weighted by molar-refractivity contribution is 0.441. The molecule has 90 valence electrons. The molecule has 0 bridgehead atoms. The molecule has 2 aromatic rings. The molecule has 2 rings (SSSR count). The Balaban J connectivity index is 2.32. The first-order chi connectivity index (χ1) is 8.60. The zero-order chi connectivity index (χ0) is 13.1. The van der Waals surface area contributed by atoms with E-state index in [0.717, 1.165) is 4.47 Å². The SMILES string of the molecule is N#Cc1ccc(Oc2cc(Br)ccc2F)cc1Br. The average Bonchev–Trinajstić information content (AvgIpc) is 2.34. The minimum absolute atomic E-state index is 0.126. The van der Waals surface area contributed by atoms with Crippen molar-refractivity contribution in [3.8, 4) is 17.6 Å². The van der Waals surface area contributed by atoms with Crippen molar-refractivity contribution in [3.63, 3.8) is 0 Å². The number of rotatable bonds is 2. The number of nitrogens with zero attached hydrogens (tertiary/aromatic N) is 1. The Morgan fingerprint density at radius 2 is 1.89 bits per heavy atom. The molecule has 0 atom stereocenters. The first kappa shape index (κ1) is 13.1. The van der Waals surface area contributed by atoms with Crippen LogP contribution in [-0.2, 0) is 0 Å². The second-order valence-corrected chi connectivity index (χ2v) is 5.20. The van der Waals surface area contributed by atoms with E-state index in [1.165, 1.54) is 6.07 Å². The normalized spacial score (nSPS) is 9.89. The smallest absolute Gasteiger partial charge is 0.165 e. The molecule has 0 saturated heterocycles. The molecule has 5 heteroatoms. The monoisotopic (exact) mass is 369 g/mol. The summed E-state index contributed by atoms with van der Waals surface area (Å²) in [5, 5.41) is 8.79. The van der Waals surface area contributed by atoms with E-state index in [0.29, 0.717) is 15.8 Å². The van der Waals surface area contributed by atoms with E-state index in [9.17, 15) is 4.39 Å². The van der Waals surface area contributed by atoms with Crippen molar-refractivity contribution in [2.24, 2.45) is 0 Å². The predicted molar refractivity (Wildman–Crippen MR) is 73.0 cm³/mol. The van der Waals surface area contributed by atoms with Crippen LogP contribution in [0.4, 0.5) is 4.39 Å². The van der Waals surface area contributed by atoms with Gasteiger partial charge in [-0.1, -0.05) is 15.9 Å². The first-order valence-corrected chi connectivity index (χ1v) is 6.51. The maximum Gasteiger partial charge on any atom is 0.165 e. The molecule has 0 radical (unpaired) electrons. The predicted octanol–water partition coefficient (Wildman–Crippen LogP) is 5.01. The molecular weight excluding hydrogens is 365 g/mol. The molecule has 0 N–H and O–H groups in total. The molecule has 0 unspecified atom stereocenters. The van der Waals surface area contributed by atoms with Crippen LogP contribution in [-0.4, -0.2) is 0 Å². The van der Waals surface area contributed by atoms with Crippen molar-refractivity contribution in [3.05, 3.63) is 56.7 Å². The summed E-state index contributed by atoms with van der Waals surface area (Å²) in [6.07, 6.45) is 0. The second kappa shape index (κ2) is 5.51. The number of benzene rings is 2. The van der Waals surface area contributed by atoms with E-state index >= 15 is 0 Å². The molecule has 2 nitrogen and oxygen atoms in total. The van der Waals surface area contributed by atoms with Crippen LogP contribution < -0.4 is 4.74 Å². The average molecular weight is 371 g/mol. The summed E-state index contributed by atoms with van der Waals surface area (Å²) in [5.41, 5.74) is 0.497. The van der Waals surface area contributed by atoms with Gasteiger partial charge in [-0.05, 0) is 52.3 Å². The number of hydrogen-bond acceptors (Lipinski definition) is 2. The van der Waals surface area contributed by atoms with Crippen LogP contribution in [0.2, 0.25) is 0 Å². The summed E-state index contributed by atoms with van der Waals surface area (Å²) in [4.78, 5) is 0. The number of nitriles is 1. The third-order valence-corrected chi connectivity index (χ3v) is 3.33. The molecule has 0 amide bonds. The van der Waals surface area contributed by atoms with Crippen LogP contribution >= 0.6 is 31.9 Å². The highest BCUT2D eigenvalue weighted by molar-refractivity contribution is 9.10. The van der Waals surface area contributed by atoms with Gasteiger partial charge in [0.1, 0.15) is 11.8 Å². The van der Waals surface area contributed by atoms with Crippen molar-refractivity contribution in [2.45, 2.75) is 0 Å². The molecular formula is C13H6Br2FNO. The van der Waals surface area contributed by atoms with Crippen molar-refractivity contribution >= 4 is 31.9 Å². The molecule has 2 aromatic carbocycles. The Labute approximate surface area is 120 Å². The molecule has 0 fully saturated rings. The van der Waals surface area contributed by atoms with Gasteiger partial charge >= 0.3 is 0 Å². The number of ether oxygens (including phenoxy) is 1. The van der Waals surface area contributed by atoms with Gasteiger partial charge in [0.15, 0.2) is 11.6 Å². The van der Waals surface area contributed by atoms with Gasteiger partial charge in [0.25, 0.3) is 0 Å². The summed E-state index contributed by atoms with van der Waals surface area (Å²) >= 11 is 6.50. The van der Waals surface area contributed by atoms with Crippen LogP contribution in [0.5, 0.6) is 11.5 Å². The minimum atomic E-state index is -0.446. The molecule has 0 heterocycles. The lowest BCUT2D eigenvalue weighted by Crippen LogP contribution is -1.89. The minimum Gasteiger partial charge on any atom is -0.454 e. The Bertz CT molecular complexity index is 637. The third kappa shape index (κ3) is 2.89. The zero-order valence-electron chi connectivity index (χ0n) is 8.95. The van der Waals surface area contributed by atoms with Gasteiger partial charge in [0, 0.05) is 8.95 Å².